The SMILES string of the molecule is Cc1ccc(CN(C)C(=O)c2ccccc2CCN)cc1. The summed E-state index contributed by atoms with van der Waals surface area (Å²) in [6.45, 7) is 3.21. The average molecular weight is 282 g/mol. The molecule has 0 spiro atoms. The van der Waals surface area contributed by atoms with E-state index in [1.807, 2.05) is 31.3 Å². The number of aryl methyl sites for hydroxylation is 1. The van der Waals surface area contributed by atoms with Gasteiger partial charge in [0.15, 0.2) is 0 Å². The highest BCUT2D eigenvalue weighted by atomic mass is 16.2. The quantitative estimate of drug-likeness (QED) is 0.916. The lowest BCUT2D eigenvalue weighted by atomic mass is 10.0. The fourth-order valence-corrected chi connectivity index (χ4v) is 2.35. The van der Waals surface area contributed by atoms with Gasteiger partial charge in [-0.2, -0.15) is 0 Å². The Labute approximate surface area is 126 Å². The van der Waals surface area contributed by atoms with Crippen LogP contribution in [-0.2, 0) is 13.0 Å². The van der Waals surface area contributed by atoms with Crippen LogP contribution in [0.15, 0.2) is 48.5 Å². The molecule has 0 saturated heterocycles. The Morgan fingerprint density at radius 1 is 1.10 bits per heavy atom. The van der Waals surface area contributed by atoms with Crippen molar-refractivity contribution in [1.82, 2.24) is 4.90 Å². The Morgan fingerprint density at radius 2 is 1.76 bits per heavy atom. The fraction of sp³-hybridized carbons (Fsp3) is 0.278. The second kappa shape index (κ2) is 7.04. The van der Waals surface area contributed by atoms with Gasteiger partial charge >= 0.3 is 0 Å². The van der Waals surface area contributed by atoms with Gasteiger partial charge in [0, 0.05) is 19.2 Å². The van der Waals surface area contributed by atoms with Crippen LogP contribution in [-0.4, -0.2) is 24.4 Å². The molecule has 21 heavy (non-hydrogen) atoms. The normalized spacial score (nSPS) is 10.4. The van der Waals surface area contributed by atoms with Gasteiger partial charge in [0.2, 0.25) is 0 Å². The Balaban J connectivity index is 2.13. The molecule has 110 valence electrons. The van der Waals surface area contributed by atoms with Crippen molar-refractivity contribution in [3.05, 3.63) is 70.8 Å². The molecule has 0 radical (unpaired) electrons. The number of benzene rings is 2. The largest absolute Gasteiger partial charge is 0.337 e. The molecule has 2 N–H and O–H groups in total. The minimum Gasteiger partial charge on any atom is -0.337 e. The van der Waals surface area contributed by atoms with E-state index >= 15 is 0 Å². The molecular weight excluding hydrogens is 260 g/mol. The van der Waals surface area contributed by atoms with Crippen molar-refractivity contribution in [2.24, 2.45) is 5.73 Å². The van der Waals surface area contributed by atoms with E-state index < -0.39 is 0 Å². The van der Waals surface area contributed by atoms with Crippen molar-refractivity contribution in [2.75, 3.05) is 13.6 Å². The Bertz CT molecular complexity index is 605. The van der Waals surface area contributed by atoms with Gasteiger partial charge in [0.05, 0.1) is 0 Å². The molecule has 0 aliphatic carbocycles. The molecule has 0 unspecified atom stereocenters. The number of carbonyl (C=O) groups is 1. The maximum atomic E-state index is 12.6. The molecule has 3 heteroatoms. The summed E-state index contributed by atoms with van der Waals surface area (Å²) in [5, 5.41) is 0. The van der Waals surface area contributed by atoms with Gasteiger partial charge in [-0.3, -0.25) is 4.79 Å². The van der Waals surface area contributed by atoms with Crippen molar-refractivity contribution in [3.8, 4) is 0 Å². The van der Waals surface area contributed by atoms with E-state index in [1.54, 1.807) is 4.90 Å². The first-order chi connectivity index (χ1) is 10.1. The van der Waals surface area contributed by atoms with Crippen molar-refractivity contribution >= 4 is 5.91 Å². The van der Waals surface area contributed by atoms with Crippen LogP contribution in [0.25, 0.3) is 0 Å². The second-order valence-electron chi connectivity index (χ2n) is 5.34. The molecule has 0 aromatic heterocycles. The van der Waals surface area contributed by atoms with Crippen molar-refractivity contribution in [3.63, 3.8) is 0 Å². The number of hydrogen-bond donors (Lipinski definition) is 1. The lowest BCUT2D eigenvalue weighted by molar-refractivity contribution is 0.0784. The van der Waals surface area contributed by atoms with Crippen LogP contribution in [0.2, 0.25) is 0 Å². The molecule has 2 rings (SSSR count). The average Bonchev–Trinajstić information content (AvgIpc) is 2.50. The minimum absolute atomic E-state index is 0.0413. The van der Waals surface area contributed by atoms with Crippen molar-refractivity contribution < 1.29 is 4.79 Å². The lowest BCUT2D eigenvalue weighted by Gasteiger charge is -2.19. The van der Waals surface area contributed by atoms with E-state index in [2.05, 4.69) is 31.2 Å². The molecule has 0 heterocycles. The molecule has 3 nitrogen and oxygen atoms in total. The lowest BCUT2D eigenvalue weighted by Crippen LogP contribution is -2.27. The van der Waals surface area contributed by atoms with Gasteiger partial charge < -0.3 is 10.6 Å². The highest BCUT2D eigenvalue weighted by Gasteiger charge is 2.15. The van der Waals surface area contributed by atoms with Crippen LogP contribution >= 0.6 is 0 Å². The van der Waals surface area contributed by atoms with Gasteiger partial charge in [-0.25, -0.2) is 0 Å². The van der Waals surface area contributed by atoms with Gasteiger partial charge in [-0.05, 0) is 37.1 Å². The number of hydrogen-bond acceptors (Lipinski definition) is 2. The monoisotopic (exact) mass is 282 g/mol. The van der Waals surface area contributed by atoms with E-state index in [0.29, 0.717) is 13.1 Å². The molecule has 0 aliphatic rings. The summed E-state index contributed by atoms with van der Waals surface area (Å²) >= 11 is 0. The summed E-state index contributed by atoms with van der Waals surface area (Å²) < 4.78 is 0. The zero-order valence-electron chi connectivity index (χ0n) is 12.7. The molecule has 0 atom stereocenters. The number of carbonyl (C=O) groups excluding carboxylic acids is 1. The summed E-state index contributed by atoms with van der Waals surface area (Å²) in [5.74, 6) is 0.0413. The Hall–Kier alpha value is -2.13. The summed E-state index contributed by atoms with van der Waals surface area (Å²) in [6, 6.07) is 15.9. The third kappa shape index (κ3) is 3.92. The number of rotatable bonds is 5. The molecule has 0 saturated carbocycles. The zero-order chi connectivity index (χ0) is 15.2. The maximum Gasteiger partial charge on any atom is 0.254 e. The summed E-state index contributed by atoms with van der Waals surface area (Å²) in [7, 11) is 1.83. The molecular formula is C18H22N2O. The van der Waals surface area contributed by atoms with Gasteiger partial charge in [0.1, 0.15) is 0 Å². The topological polar surface area (TPSA) is 46.3 Å². The first-order valence-electron chi connectivity index (χ1n) is 7.21. The predicted molar refractivity (Wildman–Crippen MR) is 86.2 cm³/mol. The standard InChI is InChI=1S/C18H22N2O/c1-14-7-9-15(10-8-14)13-20(2)18(21)17-6-4-3-5-16(17)11-12-19/h3-10H,11-13,19H2,1-2H3. The van der Waals surface area contributed by atoms with E-state index in [0.717, 1.165) is 23.1 Å². The second-order valence-corrected chi connectivity index (χ2v) is 5.34. The first-order valence-corrected chi connectivity index (χ1v) is 7.21. The zero-order valence-corrected chi connectivity index (χ0v) is 12.7. The smallest absolute Gasteiger partial charge is 0.254 e. The highest BCUT2D eigenvalue weighted by Crippen LogP contribution is 2.14. The molecule has 0 aliphatic heterocycles. The van der Waals surface area contributed by atoms with Crippen LogP contribution < -0.4 is 5.73 Å². The number of nitrogens with zero attached hydrogens (tertiary/aromatic N) is 1. The van der Waals surface area contributed by atoms with Crippen molar-refractivity contribution in [2.45, 2.75) is 19.9 Å². The van der Waals surface area contributed by atoms with Crippen LogP contribution in [0.3, 0.4) is 0 Å². The number of nitrogens with two attached hydrogens (primary N) is 1. The van der Waals surface area contributed by atoms with Crippen LogP contribution in [0.5, 0.6) is 0 Å². The fourth-order valence-electron chi connectivity index (χ4n) is 2.35. The van der Waals surface area contributed by atoms with Gasteiger partial charge in [-0.1, -0.05) is 48.0 Å². The van der Waals surface area contributed by atoms with Gasteiger partial charge in [-0.15, -0.1) is 0 Å². The molecule has 1 amide bonds. The van der Waals surface area contributed by atoms with Crippen LogP contribution in [0.4, 0.5) is 0 Å². The summed E-state index contributed by atoms with van der Waals surface area (Å²) in [5.41, 5.74) is 9.74. The van der Waals surface area contributed by atoms with E-state index in [4.69, 9.17) is 5.73 Å². The first kappa shape index (κ1) is 15.3. The maximum absolute atomic E-state index is 12.6. The summed E-state index contributed by atoms with van der Waals surface area (Å²) in [6.07, 6.45) is 0.723. The van der Waals surface area contributed by atoms with E-state index in [1.165, 1.54) is 5.56 Å². The Kier molecular flexibility index (Phi) is 5.12. The van der Waals surface area contributed by atoms with Crippen LogP contribution in [0.1, 0.15) is 27.0 Å². The third-order valence-corrected chi connectivity index (χ3v) is 3.55. The molecule has 0 bridgehead atoms. The molecule has 0 fully saturated rings. The highest BCUT2D eigenvalue weighted by molar-refractivity contribution is 5.95. The molecule has 2 aromatic rings. The van der Waals surface area contributed by atoms with Gasteiger partial charge in [0.25, 0.3) is 5.91 Å². The Morgan fingerprint density at radius 3 is 2.43 bits per heavy atom. The minimum atomic E-state index is 0.0413. The molecule has 2 aromatic carbocycles. The third-order valence-electron chi connectivity index (χ3n) is 3.55. The predicted octanol–water partition coefficient (Wildman–Crippen LogP) is 2.77. The van der Waals surface area contributed by atoms with Crippen LogP contribution in [0, 0.1) is 6.92 Å². The van der Waals surface area contributed by atoms with E-state index in [-0.39, 0.29) is 5.91 Å². The number of amides is 1. The van der Waals surface area contributed by atoms with E-state index in [9.17, 15) is 4.79 Å². The van der Waals surface area contributed by atoms with Crippen molar-refractivity contribution in [1.29, 1.82) is 0 Å². The summed E-state index contributed by atoms with van der Waals surface area (Å²) in [4.78, 5) is 14.3.